The third kappa shape index (κ3) is 3.92. The molecular formula is C29H25F2NO3. The Morgan fingerprint density at radius 3 is 2.23 bits per heavy atom. The van der Waals surface area contributed by atoms with Crippen LogP contribution >= 0.6 is 0 Å². The van der Waals surface area contributed by atoms with Gasteiger partial charge in [0, 0.05) is 11.5 Å². The minimum absolute atomic E-state index is 0.00619. The summed E-state index contributed by atoms with van der Waals surface area (Å²) in [6.45, 7) is 1.09. The van der Waals surface area contributed by atoms with Crippen LogP contribution in [0, 0.1) is 0 Å². The summed E-state index contributed by atoms with van der Waals surface area (Å²) in [7, 11) is 0. The van der Waals surface area contributed by atoms with Gasteiger partial charge in [0.2, 0.25) is 0 Å². The van der Waals surface area contributed by atoms with Crippen LogP contribution in [0.25, 0.3) is 16.7 Å². The lowest BCUT2D eigenvalue weighted by Crippen LogP contribution is -2.56. The molecule has 3 aromatic rings. The highest BCUT2D eigenvalue weighted by atomic mass is 19.3. The van der Waals surface area contributed by atoms with Crippen molar-refractivity contribution < 1.29 is 23.0 Å². The molecule has 0 saturated carbocycles. The van der Waals surface area contributed by atoms with Gasteiger partial charge in [-0.3, -0.25) is 4.90 Å². The van der Waals surface area contributed by atoms with E-state index in [0.717, 1.165) is 11.1 Å². The minimum atomic E-state index is -2.48. The van der Waals surface area contributed by atoms with E-state index < -0.39 is 6.43 Å². The maximum absolute atomic E-state index is 13.3. The maximum Gasteiger partial charge on any atom is 0.410 e. The second-order valence-electron chi connectivity index (χ2n) is 9.29. The van der Waals surface area contributed by atoms with Crippen LogP contribution in [0.3, 0.4) is 0 Å². The third-order valence-corrected chi connectivity index (χ3v) is 7.28. The number of morpholine rings is 1. The number of carbonyl (C=O) groups excluding carboxylic acids is 1. The van der Waals surface area contributed by atoms with E-state index in [4.69, 9.17) is 9.47 Å². The van der Waals surface area contributed by atoms with Crippen molar-refractivity contribution >= 4 is 11.7 Å². The Morgan fingerprint density at radius 2 is 1.60 bits per heavy atom. The molecule has 0 aromatic heterocycles. The molecule has 2 unspecified atom stereocenters. The number of rotatable bonds is 4. The van der Waals surface area contributed by atoms with E-state index in [9.17, 15) is 13.6 Å². The normalized spacial score (nSPS) is 20.9. The summed E-state index contributed by atoms with van der Waals surface area (Å²) in [5, 5.41) is 0. The number of ether oxygens (including phenoxy) is 2. The number of halogens is 2. The summed E-state index contributed by atoms with van der Waals surface area (Å²) in [5.41, 5.74) is 6.70. The predicted molar refractivity (Wildman–Crippen MR) is 129 cm³/mol. The summed E-state index contributed by atoms with van der Waals surface area (Å²) in [6, 6.07) is 22.5. The smallest absolute Gasteiger partial charge is 0.410 e. The zero-order chi connectivity index (χ0) is 23.9. The Labute approximate surface area is 202 Å². The SMILES string of the molecule is O=C(OCC1c2ccccc2-c2ccccc21)N1C2C=C(c3ccc(C(F)F)cc3)CC1COC2. The monoisotopic (exact) mass is 473 g/mol. The Morgan fingerprint density at radius 1 is 0.943 bits per heavy atom. The summed E-state index contributed by atoms with van der Waals surface area (Å²) < 4.78 is 37.5. The number of amides is 1. The number of nitrogens with zero attached hydrogens (tertiary/aromatic N) is 1. The molecule has 1 fully saturated rings. The zero-order valence-corrected chi connectivity index (χ0v) is 19.1. The Hall–Kier alpha value is -3.51. The molecule has 178 valence electrons. The molecule has 0 spiro atoms. The molecule has 6 heteroatoms. The number of fused-ring (bicyclic) bond motifs is 5. The number of alkyl halides is 2. The van der Waals surface area contributed by atoms with Crippen LogP contribution in [-0.2, 0) is 9.47 Å². The first-order valence-electron chi connectivity index (χ1n) is 11.9. The maximum atomic E-state index is 13.3. The molecule has 4 nitrogen and oxygen atoms in total. The van der Waals surface area contributed by atoms with Gasteiger partial charge in [-0.05, 0) is 39.8 Å². The van der Waals surface area contributed by atoms with Crippen LogP contribution in [0.5, 0.6) is 0 Å². The van der Waals surface area contributed by atoms with Crippen LogP contribution in [0.1, 0.15) is 41.0 Å². The van der Waals surface area contributed by atoms with Gasteiger partial charge in [0.05, 0.1) is 25.3 Å². The molecule has 1 aliphatic carbocycles. The van der Waals surface area contributed by atoms with Gasteiger partial charge in [0.15, 0.2) is 0 Å². The molecule has 0 N–H and O–H groups in total. The molecule has 0 radical (unpaired) electrons. The minimum Gasteiger partial charge on any atom is -0.448 e. The van der Waals surface area contributed by atoms with Gasteiger partial charge in [0.1, 0.15) is 6.61 Å². The van der Waals surface area contributed by atoms with Crippen LogP contribution in [0.15, 0.2) is 78.9 Å². The van der Waals surface area contributed by atoms with Crippen LogP contribution in [0.2, 0.25) is 0 Å². The second kappa shape index (κ2) is 8.93. The van der Waals surface area contributed by atoms with Gasteiger partial charge in [-0.25, -0.2) is 13.6 Å². The first-order chi connectivity index (χ1) is 17.1. The predicted octanol–water partition coefficient (Wildman–Crippen LogP) is 6.43. The molecule has 2 aliphatic heterocycles. The molecule has 1 amide bonds. The first kappa shape index (κ1) is 22.0. The van der Waals surface area contributed by atoms with Gasteiger partial charge < -0.3 is 9.47 Å². The van der Waals surface area contributed by atoms with Crippen molar-refractivity contribution in [3.8, 4) is 11.1 Å². The van der Waals surface area contributed by atoms with Gasteiger partial charge in [0.25, 0.3) is 6.43 Å². The van der Waals surface area contributed by atoms with Crippen LogP contribution in [0.4, 0.5) is 13.6 Å². The molecular weight excluding hydrogens is 448 g/mol. The molecule has 35 heavy (non-hydrogen) atoms. The fourth-order valence-electron chi connectivity index (χ4n) is 5.61. The lowest BCUT2D eigenvalue weighted by molar-refractivity contribution is -0.0331. The average Bonchev–Trinajstić information content (AvgIpc) is 3.20. The van der Waals surface area contributed by atoms with Crippen molar-refractivity contribution in [1.29, 1.82) is 0 Å². The molecule has 6 rings (SSSR count). The van der Waals surface area contributed by atoms with Gasteiger partial charge in [-0.1, -0.05) is 78.9 Å². The number of hydrogen-bond donors (Lipinski definition) is 0. The Bertz CT molecular complexity index is 1240. The average molecular weight is 474 g/mol. The fourth-order valence-corrected chi connectivity index (χ4v) is 5.61. The molecule has 2 atom stereocenters. The van der Waals surface area contributed by atoms with E-state index in [2.05, 4.69) is 24.3 Å². The first-order valence-corrected chi connectivity index (χ1v) is 11.9. The second-order valence-corrected chi connectivity index (χ2v) is 9.29. The van der Waals surface area contributed by atoms with E-state index in [1.807, 2.05) is 30.3 Å². The molecule has 2 bridgehead atoms. The van der Waals surface area contributed by atoms with Crippen molar-refractivity contribution in [2.24, 2.45) is 0 Å². The number of carbonyl (C=O) groups is 1. The van der Waals surface area contributed by atoms with Crippen molar-refractivity contribution in [3.05, 3.63) is 101 Å². The van der Waals surface area contributed by atoms with Crippen molar-refractivity contribution in [2.45, 2.75) is 30.8 Å². The molecule has 1 saturated heterocycles. The zero-order valence-electron chi connectivity index (χ0n) is 19.1. The summed E-state index contributed by atoms with van der Waals surface area (Å²) in [5.74, 6) is 0.00619. The van der Waals surface area contributed by atoms with Crippen molar-refractivity contribution in [1.82, 2.24) is 4.90 Å². The lowest BCUT2D eigenvalue weighted by Gasteiger charge is -2.44. The van der Waals surface area contributed by atoms with Crippen molar-refractivity contribution in [3.63, 3.8) is 0 Å². The van der Waals surface area contributed by atoms with Gasteiger partial charge >= 0.3 is 6.09 Å². The summed E-state index contributed by atoms with van der Waals surface area (Å²) in [4.78, 5) is 15.1. The van der Waals surface area contributed by atoms with E-state index in [1.54, 1.807) is 17.0 Å². The van der Waals surface area contributed by atoms with Gasteiger partial charge in [-0.15, -0.1) is 0 Å². The lowest BCUT2D eigenvalue weighted by atomic mass is 9.90. The van der Waals surface area contributed by atoms with Gasteiger partial charge in [-0.2, -0.15) is 0 Å². The topological polar surface area (TPSA) is 38.8 Å². The van der Waals surface area contributed by atoms with Crippen molar-refractivity contribution in [2.75, 3.05) is 19.8 Å². The highest BCUT2D eigenvalue weighted by Gasteiger charge is 2.40. The van der Waals surface area contributed by atoms with Crippen LogP contribution < -0.4 is 0 Å². The summed E-state index contributed by atoms with van der Waals surface area (Å²) >= 11 is 0. The largest absolute Gasteiger partial charge is 0.448 e. The standard InChI is InChI=1S/C29H25F2NO3/c30-28(31)19-11-9-18(10-12-19)20-13-21-15-34-16-22(14-20)32(21)29(33)35-17-27-25-7-3-1-5-23(25)24-6-2-4-8-26(24)27/h1-13,21-22,27-28H,14-17H2. The fraction of sp³-hybridized carbons (Fsp3) is 0.276. The van der Waals surface area contributed by atoms with Crippen LogP contribution in [-0.4, -0.2) is 42.9 Å². The molecule has 2 heterocycles. The Kier molecular flexibility index (Phi) is 5.61. The Balaban J connectivity index is 1.20. The van der Waals surface area contributed by atoms with E-state index in [0.29, 0.717) is 19.6 Å². The van der Waals surface area contributed by atoms with E-state index in [1.165, 1.54) is 34.4 Å². The molecule has 3 aromatic carbocycles. The highest BCUT2D eigenvalue weighted by Crippen LogP contribution is 2.44. The highest BCUT2D eigenvalue weighted by molar-refractivity contribution is 5.79. The van der Waals surface area contributed by atoms with E-state index >= 15 is 0 Å². The molecule has 3 aliphatic rings. The van der Waals surface area contributed by atoms with E-state index in [-0.39, 0.29) is 36.3 Å². The number of benzene rings is 3. The summed E-state index contributed by atoms with van der Waals surface area (Å²) in [6.07, 6.45) is -0.224. The quantitative estimate of drug-likeness (QED) is 0.438. The number of hydrogen-bond acceptors (Lipinski definition) is 3. The third-order valence-electron chi connectivity index (χ3n) is 7.28.